The number of anilines is 4. The number of carbonyl (C=O) groups is 1. The van der Waals surface area contributed by atoms with Gasteiger partial charge in [0, 0.05) is 38.1 Å². The molecule has 1 aromatic carbocycles. The maximum absolute atomic E-state index is 13.2. The van der Waals surface area contributed by atoms with E-state index >= 15 is 0 Å². The van der Waals surface area contributed by atoms with Crippen LogP contribution in [0.3, 0.4) is 0 Å². The van der Waals surface area contributed by atoms with Crippen molar-refractivity contribution in [3.8, 4) is 0 Å². The van der Waals surface area contributed by atoms with Gasteiger partial charge in [-0.05, 0) is 36.2 Å². The van der Waals surface area contributed by atoms with Crippen LogP contribution in [0.4, 0.5) is 26.2 Å². The Morgan fingerprint density at radius 1 is 1.15 bits per heavy atom. The second kappa shape index (κ2) is 9.85. The molecule has 0 bridgehead atoms. The summed E-state index contributed by atoms with van der Waals surface area (Å²) < 4.78 is 18.7. The van der Waals surface area contributed by atoms with Gasteiger partial charge in [-0.2, -0.15) is 5.10 Å². The van der Waals surface area contributed by atoms with Crippen LogP contribution in [0.2, 0.25) is 0 Å². The molecule has 0 radical (unpaired) electrons. The predicted molar refractivity (Wildman–Crippen MR) is 128 cm³/mol. The number of aromatic nitrogens is 4. The van der Waals surface area contributed by atoms with E-state index in [1.54, 1.807) is 6.20 Å². The highest BCUT2D eigenvalue weighted by atomic mass is 32.1. The summed E-state index contributed by atoms with van der Waals surface area (Å²) in [4.78, 5) is 17.0. The molecule has 4 heterocycles. The molecule has 178 valence electrons. The fourth-order valence-corrected chi connectivity index (χ4v) is 4.86. The summed E-state index contributed by atoms with van der Waals surface area (Å²) in [5.74, 6) is 0.509. The lowest BCUT2D eigenvalue weighted by Crippen LogP contribution is -2.48. The van der Waals surface area contributed by atoms with Gasteiger partial charge < -0.3 is 19.9 Å². The largest absolute Gasteiger partial charge is 0.367 e. The van der Waals surface area contributed by atoms with Gasteiger partial charge in [0.15, 0.2) is 11.9 Å². The Kier molecular flexibility index (Phi) is 6.50. The van der Waals surface area contributed by atoms with E-state index in [2.05, 4.69) is 35.9 Å². The second-order valence-electron chi connectivity index (χ2n) is 8.27. The Labute approximate surface area is 200 Å². The van der Waals surface area contributed by atoms with E-state index in [0.29, 0.717) is 28.9 Å². The van der Waals surface area contributed by atoms with Gasteiger partial charge in [0.1, 0.15) is 6.17 Å². The fraction of sp³-hybridized carbons (Fsp3) is 0.409. The Morgan fingerprint density at radius 2 is 2.00 bits per heavy atom. The quantitative estimate of drug-likeness (QED) is 0.498. The van der Waals surface area contributed by atoms with Gasteiger partial charge >= 0.3 is 0 Å². The number of halogens is 1. The summed E-state index contributed by atoms with van der Waals surface area (Å²) >= 11 is 1.27. The molecule has 0 saturated carbocycles. The smallest absolute Gasteiger partial charge is 0.259 e. The summed E-state index contributed by atoms with van der Waals surface area (Å²) in [6, 6.07) is 11.4. The first kappa shape index (κ1) is 22.4. The Morgan fingerprint density at radius 3 is 2.76 bits per heavy atom. The van der Waals surface area contributed by atoms with Crippen LogP contribution in [0, 0.1) is 0 Å². The van der Waals surface area contributed by atoms with Crippen LogP contribution in [0.5, 0.6) is 0 Å². The number of methoxy groups -OCH3 is 1. The highest BCUT2D eigenvalue weighted by Gasteiger charge is 2.28. The van der Waals surface area contributed by atoms with Gasteiger partial charge in [-0.1, -0.05) is 23.5 Å². The van der Waals surface area contributed by atoms with E-state index in [0.717, 1.165) is 31.0 Å². The van der Waals surface area contributed by atoms with Crippen LogP contribution < -0.4 is 20.4 Å². The van der Waals surface area contributed by atoms with Gasteiger partial charge in [-0.3, -0.25) is 10.1 Å². The van der Waals surface area contributed by atoms with Crippen molar-refractivity contribution < 1.29 is 13.9 Å². The molecule has 3 aromatic rings. The minimum absolute atomic E-state index is 0.193. The molecular formula is C22H25FN8O2S. The zero-order valence-corrected chi connectivity index (χ0v) is 19.4. The molecule has 0 spiro atoms. The van der Waals surface area contributed by atoms with Crippen molar-refractivity contribution in [1.82, 2.24) is 20.4 Å². The summed E-state index contributed by atoms with van der Waals surface area (Å²) in [6.07, 6.45) is 0.965. The third-order valence-electron chi connectivity index (χ3n) is 5.90. The van der Waals surface area contributed by atoms with Crippen LogP contribution in [0.25, 0.3) is 0 Å². The van der Waals surface area contributed by atoms with E-state index in [-0.39, 0.29) is 11.9 Å². The number of ether oxygens (including phenoxy) is 1. The first-order chi connectivity index (χ1) is 16.6. The first-order valence-corrected chi connectivity index (χ1v) is 11.9. The van der Waals surface area contributed by atoms with Crippen molar-refractivity contribution in [2.45, 2.75) is 24.7 Å². The lowest BCUT2D eigenvalue weighted by atomic mass is 10.1. The standard InChI is InChI=1S/C22H25FN8O2S/c1-33-19(14-4-2-5-17(10-14)31-11-15(23)12-31)20(32)26-22-29-28-21(34-22)25-16-7-9-30(13-16)18-6-3-8-24-27-18/h2-6,8,10,15-16,19H,7,9,11-13H2,1H3,(H,25,28)(H,26,29,32)/t16-,19-/m1/s1. The topological polar surface area (TPSA) is 108 Å². The molecule has 2 saturated heterocycles. The van der Waals surface area contributed by atoms with E-state index in [1.807, 2.05) is 41.3 Å². The van der Waals surface area contributed by atoms with Crippen LogP contribution in [0.1, 0.15) is 18.1 Å². The van der Waals surface area contributed by atoms with Gasteiger partial charge in [-0.25, -0.2) is 4.39 Å². The number of rotatable bonds is 8. The molecule has 2 aliphatic heterocycles. The highest BCUT2D eigenvalue weighted by Crippen LogP contribution is 2.29. The molecule has 2 fully saturated rings. The predicted octanol–water partition coefficient (Wildman–Crippen LogP) is 2.50. The van der Waals surface area contributed by atoms with Crippen molar-refractivity contribution in [2.24, 2.45) is 0 Å². The van der Waals surface area contributed by atoms with Crippen LogP contribution in [0.15, 0.2) is 42.6 Å². The monoisotopic (exact) mass is 484 g/mol. The number of benzene rings is 1. The summed E-state index contributed by atoms with van der Waals surface area (Å²) in [5.41, 5.74) is 1.56. The van der Waals surface area contributed by atoms with Crippen molar-refractivity contribution in [3.05, 3.63) is 48.2 Å². The number of hydrogen-bond donors (Lipinski definition) is 2. The Bertz CT molecular complexity index is 1130. The van der Waals surface area contributed by atoms with Crippen molar-refractivity contribution in [2.75, 3.05) is 53.7 Å². The summed E-state index contributed by atoms with van der Waals surface area (Å²) in [7, 11) is 1.48. The Balaban J connectivity index is 1.18. The summed E-state index contributed by atoms with van der Waals surface area (Å²) in [5, 5.41) is 23.6. The van der Waals surface area contributed by atoms with Gasteiger partial charge in [-0.15, -0.1) is 15.3 Å². The van der Waals surface area contributed by atoms with Gasteiger partial charge in [0.25, 0.3) is 5.91 Å². The zero-order valence-electron chi connectivity index (χ0n) is 18.6. The first-order valence-electron chi connectivity index (χ1n) is 11.0. The normalized spacial score (nSPS) is 19.1. The molecular weight excluding hydrogens is 459 g/mol. The van der Waals surface area contributed by atoms with Crippen molar-refractivity contribution in [3.63, 3.8) is 0 Å². The third-order valence-corrected chi connectivity index (χ3v) is 6.67. The minimum Gasteiger partial charge on any atom is -0.367 e. The lowest BCUT2D eigenvalue weighted by Gasteiger charge is -2.36. The maximum Gasteiger partial charge on any atom is 0.259 e. The van der Waals surface area contributed by atoms with Crippen molar-refractivity contribution >= 4 is 39.0 Å². The number of amides is 1. The van der Waals surface area contributed by atoms with Crippen LogP contribution in [-0.4, -0.2) is 71.8 Å². The average molecular weight is 485 g/mol. The second-order valence-corrected chi connectivity index (χ2v) is 9.25. The van der Waals surface area contributed by atoms with Crippen LogP contribution >= 0.6 is 11.3 Å². The molecule has 0 aliphatic carbocycles. The van der Waals surface area contributed by atoms with Crippen LogP contribution in [-0.2, 0) is 9.53 Å². The number of nitrogens with one attached hydrogen (secondary N) is 2. The number of alkyl halides is 1. The minimum atomic E-state index is -0.821. The number of hydrogen-bond acceptors (Lipinski definition) is 10. The van der Waals surface area contributed by atoms with Crippen molar-refractivity contribution in [1.29, 1.82) is 0 Å². The Hall–Kier alpha value is -3.38. The molecule has 34 heavy (non-hydrogen) atoms. The maximum atomic E-state index is 13.2. The molecule has 12 heteroatoms. The fourth-order valence-electron chi connectivity index (χ4n) is 4.14. The van der Waals surface area contributed by atoms with E-state index in [1.165, 1.54) is 18.4 Å². The summed E-state index contributed by atoms with van der Waals surface area (Å²) in [6.45, 7) is 2.38. The molecule has 5 rings (SSSR count). The molecule has 2 N–H and O–H groups in total. The molecule has 2 atom stereocenters. The SMILES string of the molecule is CO[C@@H](C(=O)Nc1nnc(N[C@@H]2CCN(c3cccnn3)C2)s1)c1cccc(N2CC(F)C2)c1. The third kappa shape index (κ3) is 4.92. The molecule has 2 aliphatic rings. The van der Waals surface area contributed by atoms with Gasteiger partial charge in [0.2, 0.25) is 10.3 Å². The van der Waals surface area contributed by atoms with E-state index < -0.39 is 12.3 Å². The lowest BCUT2D eigenvalue weighted by molar-refractivity contribution is -0.126. The molecule has 0 unspecified atom stereocenters. The average Bonchev–Trinajstić information content (AvgIpc) is 3.48. The zero-order chi connectivity index (χ0) is 23.5. The molecule has 10 nitrogen and oxygen atoms in total. The van der Waals surface area contributed by atoms with E-state index in [9.17, 15) is 9.18 Å². The van der Waals surface area contributed by atoms with Gasteiger partial charge in [0.05, 0.1) is 13.1 Å². The molecule has 1 amide bonds. The number of carbonyl (C=O) groups excluding carboxylic acids is 1. The highest BCUT2D eigenvalue weighted by molar-refractivity contribution is 7.19. The number of nitrogens with zero attached hydrogens (tertiary/aromatic N) is 6. The molecule has 2 aromatic heterocycles. The van der Waals surface area contributed by atoms with E-state index in [4.69, 9.17) is 4.74 Å².